The zero-order chi connectivity index (χ0) is 32.2. The lowest BCUT2D eigenvalue weighted by Crippen LogP contribution is -2.40. The van der Waals surface area contributed by atoms with E-state index in [9.17, 15) is 4.79 Å². The summed E-state index contributed by atoms with van der Waals surface area (Å²) in [4.78, 5) is 11.0. The van der Waals surface area contributed by atoms with Crippen LogP contribution < -0.4 is 25.3 Å². The molecular formula is C35H38ClFN2O6. The number of rotatable bonds is 17. The fraction of sp³-hybridized carbons (Fsp3) is 0.286. The van der Waals surface area contributed by atoms with E-state index in [0.717, 1.165) is 23.1 Å². The predicted molar refractivity (Wildman–Crippen MR) is 173 cm³/mol. The molecule has 0 saturated carbocycles. The maximum absolute atomic E-state index is 15.7. The highest BCUT2D eigenvalue weighted by Gasteiger charge is 2.16. The number of allylic oxidation sites excluding steroid dienone is 3. The maximum Gasteiger partial charge on any atom is 0.323 e. The Balaban J connectivity index is 1.37. The van der Waals surface area contributed by atoms with Crippen LogP contribution in [0, 0.1) is 5.82 Å². The number of nitrogens with two attached hydrogens (primary N) is 1. The molecule has 0 radical (unpaired) electrons. The van der Waals surface area contributed by atoms with Gasteiger partial charge in [-0.25, -0.2) is 4.39 Å². The summed E-state index contributed by atoms with van der Waals surface area (Å²) in [5, 5.41) is 21.2. The molecule has 4 rings (SSSR count). The van der Waals surface area contributed by atoms with Crippen molar-refractivity contribution in [1.29, 1.82) is 0 Å². The van der Waals surface area contributed by atoms with E-state index >= 15 is 4.39 Å². The molecule has 3 aromatic carbocycles. The van der Waals surface area contributed by atoms with E-state index in [0.29, 0.717) is 71.6 Å². The molecule has 45 heavy (non-hydrogen) atoms. The normalized spacial score (nSPS) is 13.3. The number of aliphatic hydroxyl groups excluding tert-OH is 1. The van der Waals surface area contributed by atoms with Crippen LogP contribution in [0.25, 0.3) is 11.1 Å². The number of hydrogen-bond acceptors (Lipinski definition) is 7. The lowest BCUT2D eigenvalue weighted by atomic mass is 10.0. The van der Waals surface area contributed by atoms with Crippen molar-refractivity contribution in [1.82, 2.24) is 5.32 Å². The van der Waals surface area contributed by atoms with Crippen molar-refractivity contribution in [3.8, 4) is 28.4 Å². The van der Waals surface area contributed by atoms with Crippen LogP contribution in [0.2, 0.25) is 5.02 Å². The molecule has 0 spiro atoms. The highest BCUT2D eigenvalue weighted by Crippen LogP contribution is 2.35. The Morgan fingerprint density at radius 3 is 2.56 bits per heavy atom. The minimum Gasteiger partial charge on any atom is -0.494 e. The number of nitrogens with one attached hydrogen (secondary N) is 1. The summed E-state index contributed by atoms with van der Waals surface area (Å²) in [5.74, 6) is -0.0143. The fourth-order valence-corrected chi connectivity index (χ4v) is 4.86. The van der Waals surface area contributed by atoms with E-state index in [-0.39, 0.29) is 13.2 Å². The second-order valence-corrected chi connectivity index (χ2v) is 10.9. The second-order valence-electron chi connectivity index (χ2n) is 10.5. The number of ether oxygens (including phenoxy) is 3. The lowest BCUT2D eigenvalue weighted by molar-refractivity contribution is -0.140. The van der Waals surface area contributed by atoms with Gasteiger partial charge in [0, 0.05) is 29.3 Å². The zero-order valence-corrected chi connectivity index (χ0v) is 25.7. The first-order valence-electron chi connectivity index (χ1n) is 14.7. The predicted octanol–water partition coefficient (Wildman–Crippen LogP) is 6.20. The van der Waals surface area contributed by atoms with Crippen LogP contribution in [0.4, 0.5) is 4.39 Å². The van der Waals surface area contributed by atoms with Gasteiger partial charge >= 0.3 is 5.97 Å². The van der Waals surface area contributed by atoms with Gasteiger partial charge in [0.25, 0.3) is 0 Å². The Hall–Kier alpha value is -4.15. The average Bonchev–Trinajstić information content (AvgIpc) is 3.04. The zero-order valence-electron chi connectivity index (χ0n) is 24.9. The Labute approximate surface area is 267 Å². The molecule has 3 aromatic rings. The van der Waals surface area contributed by atoms with Crippen LogP contribution in [0.1, 0.15) is 30.4 Å². The standard InChI is InChI=1S/C35H38ClFN2O6/c1-23-10-12-24(13-11-23)21-44-32-18-33(30(36)17-27(32)19-38)45-22-26-7-5-9-29(34(26)37)25-6-4-8-28(16-25)43-15-3-2-14-39-31(20-40)35(41)42/h4-10,12-13,16-18,31,39-40H,1-3,11,14-15,19-22,38H2,(H,41,42). The van der Waals surface area contributed by atoms with Gasteiger partial charge in [0.1, 0.15) is 42.3 Å². The minimum atomic E-state index is -1.09. The molecule has 0 fully saturated rings. The molecule has 1 unspecified atom stereocenters. The van der Waals surface area contributed by atoms with E-state index in [1.54, 1.807) is 54.6 Å². The van der Waals surface area contributed by atoms with Crippen LogP contribution in [-0.2, 0) is 17.9 Å². The number of carboxylic acid groups (broad SMARTS) is 1. The van der Waals surface area contributed by atoms with Crippen molar-refractivity contribution in [3.63, 3.8) is 0 Å². The number of carboxylic acids is 1. The third-order valence-electron chi connectivity index (χ3n) is 7.21. The first-order valence-corrected chi connectivity index (χ1v) is 15.1. The largest absolute Gasteiger partial charge is 0.494 e. The van der Waals surface area contributed by atoms with E-state index in [1.165, 1.54) is 0 Å². The molecule has 0 bridgehead atoms. The van der Waals surface area contributed by atoms with Crippen molar-refractivity contribution in [2.75, 3.05) is 26.4 Å². The number of unbranched alkanes of at least 4 members (excludes halogenated alkanes) is 1. The smallest absolute Gasteiger partial charge is 0.323 e. The van der Waals surface area contributed by atoms with Crippen LogP contribution in [0.3, 0.4) is 0 Å². The van der Waals surface area contributed by atoms with Crippen LogP contribution >= 0.6 is 11.6 Å². The molecule has 5 N–H and O–H groups in total. The van der Waals surface area contributed by atoms with Gasteiger partial charge in [-0.15, -0.1) is 0 Å². The number of aliphatic carboxylic acids is 1. The van der Waals surface area contributed by atoms with Gasteiger partial charge in [-0.2, -0.15) is 0 Å². The van der Waals surface area contributed by atoms with E-state index in [1.807, 2.05) is 12.2 Å². The maximum atomic E-state index is 15.7. The van der Waals surface area contributed by atoms with Crippen LogP contribution in [0.15, 0.2) is 90.6 Å². The highest BCUT2D eigenvalue weighted by atomic mass is 35.5. The Morgan fingerprint density at radius 1 is 1.02 bits per heavy atom. The van der Waals surface area contributed by atoms with Crippen LogP contribution in [0.5, 0.6) is 17.2 Å². The second kappa shape index (κ2) is 16.8. The summed E-state index contributed by atoms with van der Waals surface area (Å²) in [5.41, 5.74) is 10.1. The topological polar surface area (TPSA) is 123 Å². The molecule has 1 aliphatic rings. The van der Waals surface area contributed by atoms with Gasteiger partial charge in [0.2, 0.25) is 0 Å². The Morgan fingerprint density at radius 2 is 1.82 bits per heavy atom. The monoisotopic (exact) mass is 636 g/mol. The van der Waals surface area contributed by atoms with Crippen molar-refractivity contribution < 1.29 is 33.6 Å². The SMILES string of the molecule is C=C1C=CC(COc2cc(OCc3cccc(-c4cccc(OCCCCNC(CO)C(=O)O)c4)c3F)c(Cl)cc2CN)=CC1. The molecular weight excluding hydrogens is 599 g/mol. The number of halogens is 2. The molecule has 8 nitrogen and oxygen atoms in total. The van der Waals surface area contributed by atoms with Crippen molar-refractivity contribution in [2.45, 2.75) is 38.5 Å². The molecule has 0 saturated heterocycles. The van der Waals surface area contributed by atoms with Gasteiger partial charge in [-0.05, 0) is 55.1 Å². The van der Waals surface area contributed by atoms with Gasteiger partial charge in [-0.1, -0.05) is 72.3 Å². The minimum absolute atomic E-state index is 0.0555. The van der Waals surface area contributed by atoms with Gasteiger partial charge in [0.15, 0.2) is 0 Å². The Bertz CT molecular complexity index is 1560. The third-order valence-corrected chi connectivity index (χ3v) is 7.50. The van der Waals surface area contributed by atoms with Gasteiger partial charge in [0.05, 0.1) is 18.2 Å². The molecule has 10 heteroatoms. The quantitative estimate of drug-likeness (QED) is 0.129. The summed E-state index contributed by atoms with van der Waals surface area (Å²) in [6.07, 6.45) is 8.11. The summed E-state index contributed by atoms with van der Waals surface area (Å²) < 4.78 is 33.6. The van der Waals surface area contributed by atoms with Gasteiger partial charge in [-0.3, -0.25) is 4.79 Å². The number of carbonyl (C=O) groups is 1. The molecule has 0 aliphatic heterocycles. The lowest BCUT2D eigenvalue weighted by Gasteiger charge is -2.16. The molecule has 0 aromatic heterocycles. The first-order chi connectivity index (χ1) is 21.8. The molecule has 0 heterocycles. The average molecular weight is 637 g/mol. The number of hydrogen-bond donors (Lipinski definition) is 4. The van der Waals surface area contributed by atoms with E-state index < -0.39 is 24.4 Å². The summed E-state index contributed by atoms with van der Waals surface area (Å²) in [7, 11) is 0. The van der Waals surface area contributed by atoms with Crippen molar-refractivity contribution >= 4 is 17.6 Å². The fourth-order valence-electron chi connectivity index (χ4n) is 4.62. The Kier molecular flexibility index (Phi) is 12.6. The third kappa shape index (κ3) is 9.67. The van der Waals surface area contributed by atoms with Crippen LogP contribution in [-0.4, -0.2) is 48.6 Å². The van der Waals surface area contributed by atoms with Gasteiger partial charge < -0.3 is 35.5 Å². The summed E-state index contributed by atoms with van der Waals surface area (Å²) in [6, 6.07) is 14.7. The number of aliphatic hydroxyl groups is 1. The molecule has 1 aliphatic carbocycles. The molecule has 1 atom stereocenters. The molecule has 238 valence electrons. The van der Waals surface area contributed by atoms with Crippen molar-refractivity contribution in [3.05, 3.63) is 113 Å². The van der Waals surface area contributed by atoms with E-state index in [2.05, 4.69) is 18.0 Å². The summed E-state index contributed by atoms with van der Waals surface area (Å²) in [6.45, 7) is 4.85. The highest BCUT2D eigenvalue weighted by molar-refractivity contribution is 6.32. The van der Waals surface area contributed by atoms with E-state index in [4.69, 9.17) is 41.8 Å². The van der Waals surface area contributed by atoms with Crippen molar-refractivity contribution in [2.24, 2.45) is 5.73 Å². The number of benzene rings is 3. The first kappa shape index (κ1) is 33.7. The molecule has 0 amide bonds. The summed E-state index contributed by atoms with van der Waals surface area (Å²) >= 11 is 6.49.